The van der Waals surface area contributed by atoms with Crippen LogP contribution in [-0.4, -0.2) is 11.9 Å². The van der Waals surface area contributed by atoms with E-state index >= 15 is 0 Å². The zero-order valence-electron chi connectivity index (χ0n) is 13.0. The number of halogens is 1. The van der Waals surface area contributed by atoms with Crippen LogP contribution in [0.5, 0.6) is 0 Å². The predicted molar refractivity (Wildman–Crippen MR) is 89.7 cm³/mol. The van der Waals surface area contributed by atoms with E-state index in [-0.39, 0.29) is 17.5 Å². The Hall–Kier alpha value is -1.06. The van der Waals surface area contributed by atoms with Crippen LogP contribution in [0.1, 0.15) is 56.9 Å². The molecule has 0 heterocycles. The minimum Gasteiger partial charge on any atom is -0.347 e. The average molecular weight is 321 g/mol. The van der Waals surface area contributed by atoms with Crippen molar-refractivity contribution in [2.24, 2.45) is 11.7 Å². The zero-order chi connectivity index (χ0) is 15.6. The molecule has 22 heavy (non-hydrogen) atoms. The summed E-state index contributed by atoms with van der Waals surface area (Å²) < 4.78 is 0. The highest BCUT2D eigenvalue weighted by atomic mass is 35.5. The normalized spacial score (nSPS) is 27.0. The molecule has 3 rings (SSSR count). The maximum absolute atomic E-state index is 12.6. The Morgan fingerprint density at radius 1 is 1.18 bits per heavy atom. The summed E-state index contributed by atoms with van der Waals surface area (Å²) in [7, 11) is 0. The van der Waals surface area contributed by atoms with E-state index in [9.17, 15) is 4.79 Å². The van der Waals surface area contributed by atoms with Crippen LogP contribution in [0.4, 0.5) is 0 Å². The van der Waals surface area contributed by atoms with Crippen molar-refractivity contribution in [3.05, 3.63) is 34.9 Å². The molecule has 2 atom stereocenters. The number of carbonyl (C=O) groups is 1. The van der Waals surface area contributed by atoms with E-state index in [0.717, 1.165) is 50.0 Å². The Balaban J connectivity index is 1.71. The van der Waals surface area contributed by atoms with Gasteiger partial charge in [0.05, 0.1) is 5.54 Å². The molecule has 2 saturated carbocycles. The molecule has 0 unspecified atom stereocenters. The van der Waals surface area contributed by atoms with Gasteiger partial charge in [-0.05, 0) is 49.3 Å². The Kier molecular flexibility index (Phi) is 4.74. The average Bonchev–Trinajstić information content (AvgIpc) is 3.11. The van der Waals surface area contributed by atoms with Gasteiger partial charge in [0.1, 0.15) is 0 Å². The second kappa shape index (κ2) is 6.59. The number of carbonyl (C=O) groups excluding carboxylic acids is 1. The highest BCUT2D eigenvalue weighted by Crippen LogP contribution is 2.39. The van der Waals surface area contributed by atoms with Gasteiger partial charge in [0.2, 0.25) is 5.91 Å². The lowest BCUT2D eigenvalue weighted by Gasteiger charge is -2.32. The van der Waals surface area contributed by atoms with Gasteiger partial charge in [-0.2, -0.15) is 0 Å². The fourth-order valence-corrected chi connectivity index (χ4v) is 4.23. The Morgan fingerprint density at radius 2 is 1.86 bits per heavy atom. The Bertz CT molecular complexity index is 522. The lowest BCUT2D eigenvalue weighted by Crippen LogP contribution is -2.45. The topological polar surface area (TPSA) is 55.1 Å². The van der Waals surface area contributed by atoms with E-state index in [1.165, 1.54) is 5.56 Å². The van der Waals surface area contributed by atoms with Crippen molar-refractivity contribution in [3.8, 4) is 0 Å². The molecule has 1 aromatic rings. The van der Waals surface area contributed by atoms with E-state index in [1.807, 2.05) is 12.1 Å². The number of hydrogen-bond acceptors (Lipinski definition) is 2. The van der Waals surface area contributed by atoms with Crippen molar-refractivity contribution in [2.45, 2.75) is 62.9 Å². The number of rotatable bonds is 4. The summed E-state index contributed by atoms with van der Waals surface area (Å²) in [4.78, 5) is 12.6. The molecule has 1 aromatic carbocycles. The molecule has 2 aliphatic rings. The van der Waals surface area contributed by atoms with Crippen molar-refractivity contribution in [3.63, 3.8) is 0 Å². The van der Waals surface area contributed by atoms with Crippen LogP contribution in [0, 0.1) is 5.92 Å². The quantitative estimate of drug-likeness (QED) is 0.887. The number of hydrogen-bond donors (Lipinski definition) is 2. The van der Waals surface area contributed by atoms with Crippen LogP contribution in [0.25, 0.3) is 0 Å². The van der Waals surface area contributed by atoms with Gasteiger partial charge in [-0.25, -0.2) is 0 Å². The van der Waals surface area contributed by atoms with Crippen LogP contribution in [0.3, 0.4) is 0 Å². The molecule has 3 N–H and O–H groups in total. The zero-order valence-corrected chi connectivity index (χ0v) is 13.7. The maximum Gasteiger partial charge on any atom is 0.221 e. The smallest absolute Gasteiger partial charge is 0.221 e. The van der Waals surface area contributed by atoms with Crippen molar-refractivity contribution in [2.75, 3.05) is 0 Å². The maximum atomic E-state index is 12.6. The van der Waals surface area contributed by atoms with E-state index in [2.05, 4.69) is 17.4 Å². The van der Waals surface area contributed by atoms with Gasteiger partial charge in [-0.1, -0.05) is 43.0 Å². The molecule has 0 saturated heterocycles. The molecule has 0 bridgehead atoms. The first kappa shape index (κ1) is 15.8. The molecule has 2 aliphatic carbocycles. The van der Waals surface area contributed by atoms with Crippen molar-refractivity contribution in [1.29, 1.82) is 0 Å². The molecule has 1 amide bonds. The number of benzene rings is 1. The third kappa shape index (κ3) is 3.31. The lowest BCUT2D eigenvalue weighted by molar-refractivity contribution is -0.124. The first-order chi connectivity index (χ1) is 10.6. The monoisotopic (exact) mass is 320 g/mol. The van der Waals surface area contributed by atoms with Crippen LogP contribution in [0.15, 0.2) is 24.3 Å². The summed E-state index contributed by atoms with van der Waals surface area (Å²) in [6.45, 7) is 0. The first-order valence-electron chi connectivity index (χ1n) is 8.42. The van der Waals surface area contributed by atoms with Gasteiger partial charge < -0.3 is 11.1 Å². The summed E-state index contributed by atoms with van der Waals surface area (Å²) in [6.07, 6.45) is 8.20. The van der Waals surface area contributed by atoms with Crippen LogP contribution in [0.2, 0.25) is 5.02 Å². The number of nitrogens with one attached hydrogen (secondary N) is 1. The summed E-state index contributed by atoms with van der Waals surface area (Å²) in [5, 5.41) is 4.07. The lowest BCUT2D eigenvalue weighted by atomic mass is 9.87. The Labute approximate surface area is 137 Å². The van der Waals surface area contributed by atoms with Crippen LogP contribution < -0.4 is 11.1 Å². The summed E-state index contributed by atoms with van der Waals surface area (Å²) in [6, 6.07) is 8.12. The molecule has 0 aromatic heterocycles. The third-order valence-corrected chi connectivity index (χ3v) is 5.65. The van der Waals surface area contributed by atoms with Crippen molar-refractivity contribution < 1.29 is 4.79 Å². The largest absolute Gasteiger partial charge is 0.347 e. The fourth-order valence-electron chi connectivity index (χ4n) is 4.11. The molecular weight excluding hydrogens is 296 g/mol. The number of amides is 1. The number of nitrogens with two attached hydrogens (primary N) is 1. The summed E-state index contributed by atoms with van der Waals surface area (Å²) in [5.41, 5.74) is 7.08. The highest BCUT2D eigenvalue weighted by Gasteiger charge is 2.37. The molecule has 2 fully saturated rings. The summed E-state index contributed by atoms with van der Waals surface area (Å²) >= 11 is 6.00. The standard InChI is InChI=1S/C18H25ClN2O/c19-15-8-6-14(7-9-15)18(10-1-2-11-18)21-17(22)12-13-4-3-5-16(13)20/h6-9,13,16H,1-5,10-12,20H2,(H,21,22)/t13-,16+/m0/s1. The van der Waals surface area contributed by atoms with Crippen molar-refractivity contribution >= 4 is 17.5 Å². The fraction of sp³-hybridized carbons (Fsp3) is 0.611. The summed E-state index contributed by atoms with van der Waals surface area (Å²) in [5.74, 6) is 0.503. The van der Waals surface area contributed by atoms with Crippen molar-refractivity contribution in [1.82, 2.24) is 5.32 Å². The predicted octanol–water partition coefficient (Wildman–Crippen LogP) is 3.74. The van der Waals surface area contributed by atoms with E-state index in [1.54, 1.807) is 0 Å². The minimum atomic E-state index is -0.204. The SMILES string of the molecule is N[C@@H]1CCC[C@H]1CC(=O)NC1(c2ccc(Cl)cc2)CCCC1. The second-order valence-corrected chi connectivity index (χ2v) is 7.34. The second-order valence-electron chi connectivity index (χ2n) is 6.90. The van der Waals surface area contributed by atoms with Gasteiger partial charge in [0, 0.05) is 17.5 Å². The van der Waals surface area contributed by atoms with Gasteiger partial charge >= 0.3 is 0 Å². The Morgan fingerprint density at radius 3 is 2.45 bits per heavy atom. The first-order valence-corrected chi connectivity index (χ1v) is 8.79. The molecular formula is C18H25ClN2O. The van der Waals surface area contributed by atoms with Gasteiger partial charge in [-0.15, -0.1) is 0 Å². The molecule has 3 nitrogen and oxygen atoms in total. The van der Waals surface area contributed by atoms with Gasteiger partial charge in [-0.3, -0.25) is 4.79 Å². The highest BCUT2D eigenvalue weighted by molar-refractivity contribution is 6.30. The molecule has 0 radical (unpaired) electrons. The van der Waals surface area contributed by atoms with Crippen LogP contribution in [-0.2, 0) is 10.3 Å². The molecule has 120 valence electrons. The van der Waals surface area contributed by atoms with Gasteiger partial charge in [0.25, 0.3) is 0 Å². The minimum absolute atomic E-state index is 0.152. The third-order valence-electron chi connectivity index (χ3n) is 5.40. The van der Waals surface area contributed by atoms with E-state index in [0.29, 0.717) is 12.3 Å². The molecule has 4 heteroatoms. The van der Waals surface area contributed by atoms with Crippen LogP contribution >= 0.6 is 11.6 Å². The van der Waals surface area contributed by atoms with E-state index < -0.39 is 0 Å². The van der Waals surface area contributed by atoms with Gasteiger partial charge in [0.15, 0.2) is 0 Å². The molecule has 0 spiro atoms. The molecule has 0 aliphatic heterocycles. The van der Waals surface area contributed by atoms with E-state index in [4.69, 9.17) is 17.3 Å².